The van der Waals surface area contributed by atoms with Crippen molar-refractivity contribution in [2.45, 2.75) is 44.7 Å². The van der Waals surface area contributed by atoms with Crippen molar-refractivity contribution in [1.82, 2.24) is 9.80 Å². The fourth-order valence-electron chi connectivity index (χ4n) is 4.07. The molecule has 1 amide bonds. The van der Waals surface area contributed by atoms with Gasteiger partial charge >= 0.3 is 0 Å². The maximum absolute atomic E-state index is 12.6. The van der Waals surface area contributed by atoms with Crippen LogP contribution >= 0.6 is 0 Å². The number of hydrogen-bond acceptors (Lipinski definition) is 3. The van der Waals surface area contributed by atoms with E-state index in [0.29, 0.717) is 23.8 Å². The molecule has 4 heteroatoms. The molecule has 3 saturated heterocycles. The maximum Gasteiger partial charge on any atom is 0.225 e. The molecule has 4 aliphatic rings. The summed E-state index contributed by atoms with van der Waals surface area (Å²) in [4.78, 5) is 17.3. The molecule has 1 aromatic rings. The average molecular weight is 288 g/mol. The normalized spacial score (nSPS) is 30.2. The van der Waals surface area contributed by atoms with Gasteiger partial charge in [-0.05, 0) is 43.7 Å². The predicted octanol–water partition coefficient (Wildman–Crippen LogP) is 2.50. The van der Waals surface area contributed by atoms with Crippen LogP contribution in [0.15, 0.2) is 22.8 Å². The zero-order valence-electron chi connectivity index (χ0n) is 12.5. The number of hydrogen-bond donors (Lipinski definition) is 0. The lowest BCUT2D eigenvalue weighted by Gasteiger charge is -2.35. The first-order chi connectivity index (χ1) is 10.3. The van der Waals surface area contributed by atoms with Crippen LogP contribution < -0.4 is 0 Å². The van der Waals surface area contributed by atoms with Crippen LogP contribution in [0.2, 0.25) is 0 Å². The molecule has 0 aromatic carbocycles. The van der Waals surface area contributed by atoms with E-state index in [1.165, 1.54) is 19.3 Å². The Morgan fingerprint density at radius 1 is 1.19 bits per heavy atom. The predicted molar refractivity (Wildman–Crippen MR) is 79.6 cm³/mol. The monoisotopic (exact) mass is 288 g/mol. The van der Waals surface area contributed by atoms with Gasteiger partial charge in [-0.1, -0.05) is 6.42 Å². The Labute approximate surface area is 126 Å². The van der Waals surface area contributed by atoms with Crippen molar-refractivity contribution in [2.24, 2.45) is 11.8 Å². The minimum Gasteiger partial charge on any atom is -0.468 e. The standard InChI is InChI=1S/C17H24N2O2/c20-17(14-3-1-4-14)19-10-13-6-7-15(11-19)18(9-13)12-16-5-2-8-21-16/h2,5,8,13-15H,1,3-4,6-7,9-12H2/t13-,15-/m0/s1. The number of carbonyl (C=O) groups is 1. The summed E-state index contributed by atoms with van der Waals surface area (Å²) in [7, 11) is 0. The molecule has 0 N–H and O–H groups in total. The van der Waals surface area contributed by atoms with Gasteiger partial charge in [-0.3, -0.25) is 9.69 Å². The highest BCUT2D eigenvalue weighted by Gasteiger charge is 2.39. The van der Waals surface area contributed by atoms with E-state index in [-0.39, 0.29) is 0 Å². The molecule has 5 rings (SSSR count). The molecule has 114 valence electrons. The van der Waals surface area contributed by atoms with Crippen molar-refractivity contribution in [2.75, 3.05) is 19.6 Å². The quantitative estimate of drug-likeness (QED) is 0.857. The number of piperidine rings is 1. The zero-order chi connectivity index (χ0) is 14.2. The summed E-state index contributed by atoms with van der Waals surface area (Å²) in [6.07, 6.45) is 7.70. The van der Waals surface area contributed by atoms with Gasteiger partial charge in [-0.2, -0.15) is 0 Å². The molecule has 0 unspecified atom stereocenters. The summed E-state index contributed by atoms with van der Waals surface area (Å²) in [5.41, 5.74) is 0. The lowest BCUT2D eigenvalue weighted by molar-refractivity contribution is -0.138. The zero-order valence-corrected chi connectivity index (χ0v) is 12.5. The Bertz CT molecular complexity index is 495. The third-order valence-corrected chi connectivity index (χ3v) is 5.53. The van der Waals surface area contributed by atoms with Gasteiger partial charge in [-0.25, -0.2) is 0 Å². The van der Waals surface area contributed by atoms with E-state index in [9.17, 15) is 4.79 Å². The lowest BCUT2D eigenvalue weighted by atomic mass is 9.84. The van der Waals surface area contributed by atoms with Crippen LogP contribution in [0.1, 0.15) is 37.9 Å². The summed E-state index contributed by atoms with van der Waals surface area (Å²) in [6.45, 7) is 3.90. The van der Waals surface area contributed by atoms with E-state index in [0.717, 1.165) is 44.8 Å². The van der Waals surface area contributed by atoms with Crippen molar-refractivity contribution in [3.63, 3.8) is 0 Å². The number of nitrogens with zero attached hydrogens (tertiary/aromatic N) is 2. The summed E-state index contributed by atoms with van der Waals surface area (Å²) in [5, 5.41) is 0. The largest absolute Gasteiger partial charge is 0.468 e. The fourth-order valence-corrected chi connectivity index (χ4v) is 4.07. The van der Waals surface area contributed by atoms with E-state index < -0.39 is 0 Å². The average Bonchev–Trinajstić information content (AvgIpc) is 2.75. The summed E-state index contributed by atoms with van der Waals surface area (Å²) >= 11 is 0. The molecule has 4 heterocycles. The van der Waals surface area contributed by atoms with Gasteiger partial charge < -0.3 is 9.32 Å². The Balaban J connectivity index is 1.45. The number of amides is 1. The number of rotatable bonds is 3. The smallest absolute Gasteiger partial charge is 0.225 e. The lowest BCUT2D eigenvalue weighted by Crippen LogP contribution is -2.45. The molecule has 0 radical (unpaired) electrons. The molecule has 1 aromatic heterocycles. The van der Waals surface area contributed by atoms with E-state index in [4.69, 9.17) is 4.42 Å². The van der Waals surface area contributed by atoms with Crippen LogP contribution in [0.4, 0.5) is 0 Å². The maximum atomic E-state index is 12.6. The van der Waals surface area contributed by atoms with Crippen LogP contribution in [0.5, 0.6) is 0 Å². The SMILES string of the molecule is O=C(C1CCC1)N1C[C@H]2CC[C@@H](C1)N(Cc1ccco1)C2. The van der Waals surface area contributed by atoms with Gasteiger partial charge in [0.1, 0.15) is 5.76 Å². The van der Waals surface area contributed by atoms with E-state index in [2.05, 4.69) is 15.9 Å². The van der Waals surface area contributed by atoms with Gasteiger partial charge in [0.25, 0.3) is 0 Å². The molecule has 1 aliphatic carbocycles. The third-order valence-electron chi connectivity index (χ3n) is 5.53. The molecule has 2 bridgehead atoms. The van der Waals surface area contributed by atoms with Crippen molar-refractivity contribution in [1.29, 1.82) is 0 Å². The second-order valence-corrected chi connectivity index (χ2v) is 6.98. The number of fused-ring (bicyclic) bond motifs is 4. The van der Waals surface area contributed by atoms with Gasteiger partial charge in [0.05, 0.1) is 12.8 Å². The molecule has 2 atom stereocenters. The van der Waals surface area contributed by atoms with Crippen LogP contribution in [0.3, 0.4) is 0 Å². The molecule has 1 saturated carbocycles. The topological polar surface area (TPSA) is 36.7 Å². The van der Waals surface area contributed by atoms with Gasteiger partial charge in [0.2, 0.25) is 5.91 Å². The van der Waals surface area contributed by atoms with Crippen LogP contribution in [0, 0.1) is 11.8 Å². The summed E-state index contributed by atoms with van der Waals surface area (Å²) in [6, 6.07) is 4.52. The summed E-state index contributed by atoms with van der Waals surface area (Å²) < 4.78 is 5.50. The second-order valence-electron chi connectivity index (χ2n) is 6.98. The van der Waals surface area contributed by atoms with Crippen molar-refractivity contribution in [3.8, 4) is 0 Å². The Morgan fingerprint density at radius 2 is 2.10 bits per heavy atom. The first kappa shape index (κ1) is 13.4. The first-order valence-corrected chi connectivity index (χ1v) is 8.35. The minimum absolute atomic E-state index is 0.334. The van der Waals surface area contributed by atoms with Gasteiger partial charge in [-0.15, -0.1) is 0 Å². The molecule has 21 heavy (non-hydrogen) atoms. The van der Waals surface area contributed by atoms with Crippen molar-refractivity contribution < 1.29 is 9.21 Å². The Kier molecular flexibility index (Phi) is 3.49. The molecular formula is C17H24N2O2. The summed E-state index contributed by atoms with van der Waals surface area (Å²) in [5.74, 6) is 2.45. The highest BCUT2D eigenvalue weighted by molar-refractivity contribution is 5.79. The van der Waals surface area contributed by atoms with Gasteiger partial charge in [0, 0.05) is 31.6 Å². The molecule has 0 spiro atoms. The van der Waals surface area contributed by atoms with Crippen molar-refractivity contribution >= 4 is 5.91 Å². The highest BCUT2D eigenvalue weighted by atomic mass is 16.3. The number of carbonyl (C=O) groups excluding carboxylic acids is 1. The fraction of sp³-hybridized carbons (Fsp3) is 0.706. The third kappa shape index (κ3) is 2.61. The first-order valence-electron chi connectivity index (χ1n) is 8.35. The Hall–Kier alpha value is -1.29. The van der Waals surface area contributed by atoms with Crippen LogP contribution in [0.25, 0.3) is 0 Å². The van der Waals surface area contributed by atoms with E-state index in [1.807, 2.05) is 6.07 Å². The Morgan fingerprint density at radius 3 is 2.81 bits per heavy atom. The second kappa shape index (κ2) is 5.48. The molecular weight excluding hydrogens is 264 g/mol. The molecule has 4 nitrogen and oxygen atoms in total. The number of furan rings is 1. The van der Waals surface area contributed by atoms with Crippen LogP contribution in [-0.4, -0.2) is 41.4 Å². The van der Waals surface area contributed by atoms with Crippen LogP contribution in [-0.2, 0) is 11.3 Å². The van der Waals surface area contributed by atoms with Gasteiger partial charge in [0.15, 0.2) is 0 Å². The highest BCUT2D eigenvalue weighted by Crippen LogP contribution is 2.33. The molecule has 4 fully saturated rings. The van der Waals surface area contributed by atoms with E-state index >= 15 is 0 Å². The minimum atomic E-state index is 0.334. The molecule has 3 aliphatic heterocycles. The van der Waals surface area contributed by atoms with E-state index in [1.54, 1.807) is 6.26 Å². The van der Waals surface area contributed by atoms with Crippen molar-refractivity contribution in [3.05, 3.63) is 24.2 Å².